The van der Waals surface area contributed by atoms with Gasteiger partial charge in [0.1, 0.15) is 11.7 Å². The van der Waals surface area contributed by atoms with Gasteiger partial charge >= 0.3 is 0 Å². The first-order valence-electron chi connectivity index (χ1n) is 10.2. The summed E-state index contributed by atoms with van der Waals surface area (Å²) in [6.45, 7) is 2.23. The second-order valence-corrected chi connectivity index (χ2v) is 7.41. The van der Waals surface area contributed by atoms with Crippen molar-refractivity contribution in [2.45, 2.75) is 19.3 Å². The van der Waals surface area contributed by atoms with Gasteiger partial charge in [0.2, 0.25) is 0 Å². The zero-order valence-corrected chi connectivity index (χ0v) is 16.6. The fourth-order valence-electron chi connectivity index (χ4n) is 3.79. The fraction of sp³-hybridized carbons (Fsp3) is 0.217. The minimum absolute atomic E-state index is 0.247. The predicted molar refractivity (Wildman–Crippen MR) is 119 cm³/mol. The van der Waals surface area contributed by atoms with Crippen molar-refractivity contribution < 1.29 is 0 Å². The summed E-state index contributed by atoms with van der Waals surface area (Å²) in [5, 5.41) is 9.07. The summed E-state index contributed by atoms with van der Waals surface area (Å²) in [5.41, 5.74) is 3.30. The molecule has 1 aliphatic rings. The van der Waals surface area contributed by atoms with Crippen LogP contribution in [0.5, 0.6) is 0 Å². The average molecular weight is 398 g/mol. The first-order chi connectivity index (χ1) is 14.8. The number of fused-ring (bicyclic) bond motifs is 1. The van der Waals surface area contributed by atoms with Crippen LogP contribution in [0.15, 0.2) is 77.0 Å². The van der Waals surface area contributed by atoms with E-state index in [1.807, 2.05) is 42.5 Å². The van der Waals surface area contributed by atoms with Crippen molar-refractivity contribution in [3.63, 3.8) is 0 Å². The van der Waals surface area contributed by atoms with E-state index in [-0.39, 0.29) is 5.56 Å². The van der Waals surface area contributed by atoms with Crippen LogP contribution in [0.25, 0.3) is 16.7 Å². The third kappa shape index (κ3) is 3.50. The molecular formula is C23H22N6O. The topological polar surface area (TPSA) is 68.3 Å². The lowest BCUT2D eigenvalue weighted by Gasteiger charge is -2.28. The van der Waals surface area contributed by atoms with E-state index in [2.05, 4.69) is 32.2 Å². The molecule has 0 atom stereocenters. The fourth-order valence-corrected chi connectivity index (χ4v) is 3.79. The van der Waals surface area contributed by atoms with E-state index in [0.29, 0.717) is 11.0 Å². The van der Waals surface area contributed by atoms with E-state index < -0.39 is 0 Å². The Morgan fingerprint density at radius 3 is 2.43 bits per heavy atom. The molecule has 5 rings (SSSR count). The van der Waals surface area contributed by atoms with Crippen molar-refractivity contribution in [2.24, 2.45) is 5.10 Å². The van der Waals surface area contributed by atoms with Gasteiger partial charge < -0.3 is 4.90 Å². The number of hydrogen-bond acceptors (Lipinski definition) is 5. The van der Waals surface area contributed by atoms with Crippen molar-refractivity contribution in [1.29, 1.82) is 0 Å². The van der Waals surface area contributed by atoms with Crippen LogP contribution in [0.3, 0.4) is 0 Å². The average Bonchev–Trinajstić information content (AvgIpc) is 3.25. The highest BCUT2D eigenvalue weighted by atomic mass is 16.1. The SMILES string of the molecule is O=c1c2cnn(-c3ccccc3)c2ncn1/N=C\c1ccc(N2CCCCC2)cc1. The highest BCUT2D eigenvalue weighted by Gasteiger charge is 2.12. The molecule has 1 aliphatic heterocycles. The van der Waals surface area contributed by atoms with Crippen molar-refractivity contribution in [3.05, 3.63) is 83.0 Å². The third-order valence-electron chi connectivity index (χ3n) is 5.42. The molecule has 0 bridgehead atoms. The van der Waals surface area contributed by atoms with E-state index in [0.717, 1.165) is 24.3 Å². The summed E-state index contributed by atoms with van der Waals surface area (Å²) >= 11 is 0. The molecule has 0 saturated carbocycles. The number of hydrogen-bond donors (Lipinski definition) is 0. The highest BCUT2D eigenvalue weighted by Crippen LogP contribution is 2.20. The van der Waals surface area contributed by atoms with Gasteiger partial charge in [-0.3, -0.25) is 4.79 Å². The van der Waals surface area contributed by atoms with E-state index in [1.165, 1.54) is 42.2 Å². The largest absolute Gasteiger partial charge is 0.372 e. The predicted octanol–water partition coefficient (Wildman–Crippen LogP) is 3.45. The van der Waals surface area contributed by atoms with Crippen LogP contribution < -0.4 is 10.5 Å². The number of benzene rings is 2. The Labute approximate surface area is 173 Å². The van der Waals surface area contributed by atoms with Crippen molar-refractivity contribution in [3.8, 4) is 5.69 Å². The van der Waals surface area contributed by atoms with E-state index >= 15 is 0 Å². The molecule has 1 saturated heterocycles. The zero-order chi connectivity index (χ0) is 20.3. The van der Waals surface area contributed by atoms with Gasteiger partial charge in [-0.25, -0.2) is 9.67 Å². The van der Waals surface area contributed by atoms with Crippen molar-refractivity contribution in [1.82, 2.24) is 19.4 Å². The lowest BCUT2D eigenvalue weighted by molar-refractivity contribution is 0.578. The highest BCUT2D eigenvalue weighted by molar-refractivity contribution is 5.80. The van der Waals surface area contributed by atoms with Gasteiger partial charge in [0.25, 0.3) is 5.56 Å². The Balaban J connectivity index is 1.39. The Kier molecular flexibility index (Phi) is 4.85. The summed E-state index contributed by atoms with van der Waals surface area (Å²) in [4.78, 5) is 19.6. The maximum absolute atomic E-state index is 12.8. The quantitative estimate of drug-likeness (QED) is 0.494. The standard InChI is InChI=1S/C23H22N6O/c30-23-21-16-26-29(20-7-3-1-4-8-20)22(21)24-17-28(23)25-15-18-9-11-19(12-10-18)27-13-5-2-6-14-27/h1,3-4,7-12,15-17H,2,5-6,13-14H2/b25-15-. The van der Waals surface area contributed by atoms with Crippen LogP contribution in [0.1, 0.15) is 24.8 Å². The molecule has 2 aromatic heterocycles. The van der Waals surface area contributed by atoms with Gasteiger partial charge in [-0.05, 0) is 49.1 Å². The maximum atomic E-state index is 12.8. The van der Waals surface area contributed by atoms with Gasteiger partial charge in [0.15, 0.2) is 5.65 Å². The molecule has 1 fully saturated rings. The molecule has 0 aliphatic carbocycles. The van der Waals surface area contributed by atoms with E-state index in [4.69, 9.17) is 0 Å². The van der Waals surface area contributed by atoms with Gasteiger partial charge in [-0.2, -0.15) is 14.9 Å². The summed E-state index contributed by atoms with van der Waals surface area (Å²) in [6, 6.07) is 17.9. The molecule has 0 radical (unpaired) electrons. The molecule has 2 aromatic carbocycles. The lowest BCUT2D eigenvalue weighted by Crippen LogP contribution is -2.29. The number of piperidine rings is 1. The second kappa shape index (κ2) is 7.94. The Bertz CT molecular complexity index is 1230. The van der Waals surface area contributed by atoms with Crippen LogP contribution in [0, 0.1) is 0 Å². The minimum atomic E-state index is -0.247. The van der Waals surface area contributed by atoms with Gasteiger partial charge in [0, 0.05) is 18.8 Å². The molecular weight excluding hydrogens is 376 g/mol. The summed E-state index contributed by atoms with van der Waals surface area (Å²) in [5.74, 6) is 0. The van der Waals surface area contributed by atoms with Gasteiger partial charge in [0.05, 0.1) is 18.1 Å². The number of rotatable bonds is 4. The summed E-state index contributed by atoms with van der Waals surface area (Å²) in [7, 11) is 0. The molecule has 7 heteroatoms. The van der Waals surface area contributed by atoms with Gasteiger partial charge in [-0.15, -0.1) is 0 Å². The Hall–Kier alpha value is -3.74. The number of anilines is 1. The first-order valence-corrected chi connectivity index (χ1v) is 10.2. The Morgan fingerprint density at radius 2 is 1.67 bits per heavy atom. The molecule has 3 heterocycles. The monoisotopic (exact) mass is 398 g/mol. The second-order valence-electron chi connectivity index (χ2n) is 7.41. The van der Waals surface area contributed by atoms with Crippen LogP contribution >= 0.6 is 0 Å². The number of aromatic nitrogens is 4. The minimum Gasteiger partial charge on any atom is -0.372 e. The molecule has 150 valence electrons. The third-order valence-corrected chi connectivity index (χ3v) is 5.42. The molecule has 0 N–H and O–H groups in total. The van der Waals surface area contributed by atoms with E-state index in [9.17, 15) is 4.79 Å². The summed E-state index contributed by atoms with van der Waals surface area (Å²) < 4.78 is 2.90. The molecule has 0 unspecified atom stereocenters. The molecule has 4 aromatic rings. The Morgan fingerprint density at radius 1 is 0.900 bits per heavy atom. The number of nitrogens with zero attached hydrogens (tertiary/aromatic N) is 6. The van der Waals surface area contributed by atoms with Crippen LogP contribution in [-0.2, 0) is 0 Å². The zero-order valence-electron chi connectivity index (χ0n) is 16.6. The normalized spacial score (nSPS) is 14.6. The van der Waals surface area contributed by atoms with E-state index in [1.54, 1.807) is 10.9 Å². The lowest BCUT2D eigenvalue weighted by atomic mass is 10.1. The first kappa shape index (κ1) is 18.3. The number of para-hydroxylation sites is 1. The maximum Gasteiger partial charge on any atom is 0.285 e. The molecule has 0 amide bonds. The van der Waals surface area contributed by atoms with Gasteiger partial charge in [-0.1, -0.05) is 30.3 Å². The van der Waals surface area contributed by atoms with Crippen molar-refractivity contribution in [2.75, 3.05) is 18.0 Å². The van der Waals surface area contributed by atoms with Crippen LogP contribution in [0.2, 0.25) is 0 Å². The molecule has 30 heavy (non-hydrogen) atoms. The summed E-state index contributed by atoms with van der Waals surface area (Å²) in [6.07, 6.45) is 8.47. The van der Waals surface area contributed by atoms with Crippen molar-refractivity contribution >= 4 is 22.9 Å². The smallest absolute Gasteiger partial charge is 0.285 e. The molecule has 0 spiro atoms. The molecule has 7 nitrogen and oxygen atoms in total. The van der Waals surface area contributed by atoms with Crippen LogP contribution in [-0.4, -0.2) is 38.7 Å². The van der Waals surface area contributed by atoms with Crippen LogP contribution in [0.4, 0.5) is 5.69 Å².